The molecule has 19 heavy (non-hydrogen) atoms. The van der Waals surface area contributed by atoms with Crippen molar-refractivity contribution in [3.63, 3.8) is 0 Å². The van der Waals surface area contributed by atoms with Gasteiger partial charge in [-0.3, -0.25) is 0 Å². The lowest BCUT2D eigenvalue weighted by molar-refractivity contribution is 0.186. The van der Waals surface area contributed by atoms with Gasteiger partial charge in [0.25, 0.3) is 5.88 Å². The second-order valence-corrected chi connectivity index (χ2v) is 5.36. The Labute approximate surface area is 113 Å². The number of hydrogen-bond acceptors (Lipinski definition) is 4. The van der Waals surface area contributed by atoms with Gasteiger partial charge in [-0.2, -0.15) is 9.37 Å². The summed E-state index contributed by atoms with van der Waals surface area (Å²) in [5, 5.41) is 0. The summed E-state index contributed by atoms with van der Waals surface area (Å²) in [4.78, 5) is 7.75. The van der Waals surface area contributed by atoms with E-state index in [1.165, 1.54) is 19.2 Å². The van der Waals surface area contributed by atoms with Gasteiger partial charge in [-0.1, -0.05) is 32.6 Å². The maximum atomic E-state index is 13.9. The summed E-state index contributed by atoms with van der Waals surface area (Å²) in [6.07, 6.45) is 8.41. The Kier molecular flexibility index (Phi) is 4.69. The summed E-state index contributed by atoms with van der Waals surface area (Å²) < 4.78 is 19.5. The maximum Gasteiger partial charge on any atom is 0.253 e. The van der Waals surface area contributed by atoms with E-state index in [0.29, 0.717) is 18.7 Å². The van der Waals surface area contributed by atoms with E-state index in [2.05, 4.69) is 9.97 Å². The van der Waals surface area contributed by atoms with Gasteiger partial charge < -0.3 is 10.5 Å². The SMILES string of the molecule is CCc1ncnc(OCC2(N)CCCCCC2)c1F. The molecule has 1 aromatic heterocycles. The standard InChI is InChI=1S/C14H22FN3O/c1-2-11-12(15)13(18-10-17-11)19-9-14(16)7-5-3-4-6-8-14/h10H,2-9,16H2,1H3. The lowest BCUT2D eigenvalue weighted by atomic mass is 9.93. The lowest BCUT2D eigenvalue weighted by Crippen LogP contribution is -2.45. The smallest absolute Gasteiger partial charge is 0.253 e. The summed E-state index contributed by atoms with van der Waals surface area (Å²) in [6.45, 7) is 2.18. The van der Waals surface area contributed by atoms with Crippen LogP contribution in [0.5, 0.6) is 5.88 Å². The average Bonchev–Trinajstić information content (AvgIpc) is 2.63. The second kappa shape index (κ2) is 6.28. The molecule has 0 aromatic carbocycles. The second-order valence-electron chi connectivity index (χ2n) is 5.36. The Morgan fingerprint density at radius 2 is 1.95 bits per heavy atom. The van der Waals surface area contributed by atoms with Gasteiger partial charge >= 0.3 is 0 Å². The highest BCUT2D eigenvalue weighted by Crippen LogP contribution is 2.26. The number of aryl methyl sites for hydroxylation is 1. The predicted octanol–water partition coefficient (Wildman–Crippen LogP) is 2.61. The van der Waals surface area contributed by atoms with Crippen LogP contribution in [0, 0.1) is 5.82 Å². The first-order valence-corrected chi connectivity index (χ1v) is 7.06. The Morgan fingerprint density at radius 3 is 2.58 bits per heavy atom. The Morgan fingerprint density at radius 1 is 1.26 bits per heavy atom. The topological polar surface area (TPSA) is 61.0 Å². The van der Waals surface area contributed by atoms with E-state index in [-0.39, 0.29) is 11.4 Å². The predicted molar refractivity (Wildman–Crippen MR) is 71.5 cm³/mol. The van der Waals surface area contributed by atoms with Crippen molar-refractivity contribution in [2.45, 2.75) is 57.4 Å². The molecule has 0 aliphatic heterocycles. The highest BCUT2D eigenvalue weighted by molar-refractivity contribution is 5.17. The Hall–Kier alpha value is -1.23. The van der Waals surface area contributed by atoms with Crippen LogP contribution in [0.25, 0.3) is 0 Å². The minimum absolute atomic E-state index is 0.0286. The molecule has 0 saturated heterocycles. The minimum atomic E-state index is -0.456. The van der Waals surface area contributed by atoms with Crippen molar-refractivity contribution in [2.75, 3.05) is 6.61 Å². The number of halogens is 1. The first-order chi connectivity index (χ1) is 9.14. The lowest BCUT2D eigenvalue weighted by Gasteiger charge is -2.27. The highest BCUT2D eigenvalue weighted by atomic mass is 19.1. The summed E-state index contributed by atoms with van der Waals surface area (Å²) in [7, 11) is 0. The van der Waals surface area contributed by atoms with E-state index in [4.69, 9.17) is 10.5 Å². The molecule has 106 valence electrons. The van der Waals surface area contributed by atoms with Crippen molar-refractivity contribution in [1.82, 2.24) is 9.97 Å². The monoisotopic (exact) mass is 267 g/mol. The van der Waals surface area contributed by atoms with Gasteiger partial charge in [-0.25, -0.2) is 4.98 Å². The third-order valence-corrected chi connectivity index (χ3v) is 3.76. The van der Waals surface area contributed by atoms with Crippen molar-refractivity contribution < 1.29 is 9.13 Å². The fraction of sp³-hybridized carbons (Fsp3) is 0.714. The van der Waals surface area contributed by atoms with Crippen LogP contribution >= 0.6 is 0 Å². The van der Waals surface area contributed by atoms with Crippen LogP contribution in [0.1, 0.15) is 51.1 Å². The van der Waals surface area contributed by atoms with Crippen LogP contribution in [0.3, 0.4) is 0 Å². The molecule has 0 atom stereocenters. The van der Waals surface area contributed by atoms with Crippen LogP contribution in [0.4, 0.5) is 4.39 Å². The molecule has 1 aromatic rings. The molecule has 5 heteroatoms. The van der Waals surface area contributed by atoms with E-state index >= 15 is 0 Å². The highest BCUT2D eigenvalue weighted by Gasteiger charge is 2.28. The van der Waals surface area contributed by atoms with E-state index in [1.54, 1.807) is 0 Å². The van der Waals surface area contributed by atoms with Crippen molar-refractivity contribution >= 4 is 0 Å². The molecule has 1 aliphatic carbocycles. The molecule has 1 heterocycles. The van der Waals surface area contributed by atoms with E-state index < -0.39 is 5.82 Å². The zero-order valence-electron chi connectivity index (χ0n) is 11.5. The van der Waals surface area contributed by atoms with Crippen molar-refractivity contribution in [1.29, 1.82) is 0 Å². The summed E-state index contributed by atoms with van der Waals surface area (Å²) in [5.74, 6) is -0.428. The summed E-state index contributed by atoms with van der Waals surface area (Å²) in [6, 6.07) is 0. The number of nitrogens with zero attached hydrogens (tertiary/aromatic N) is 2. The van der Waals surface area contributed by atoms with Crippen LogP contribution in [0.2, 0.25) is 0 Å². The van der Waals surface area contributed by atoms with Crippen LogP contribution < -0.4 is 10.5 Å². The van der Waals surface area contributed by atoms with Gasteiger partial charge in [0.05, 0.1) is 11.2 Å². The van der Waals surface area contributed by atoms with E-state index in [0.717, 1.165) is 25.7 Å². The summed E-state index contributed by atoms with van der Waals surface area (Å²) >= 11 is 0. The minimum Gasteiger partial charge on any atom is -0.474 e. The zero-order chi connectivity index (χ0) is 13.7. The molecular weight excluding hydrogens is 245 g/mol. The van der Waals surface area contributed by atoms with Gasteiger partial charge in [-0.05, 0) is 19.3 Å². The van der Waals surface area contributed by atoms with Crippen LogP contribution in [-0.4, -0.2) is 22.1 Å². The molecule has 0 radical (unpaired) electrons. The number of nitrogens with two attached hydrogens (primary N) is 1. The molecular formula is C14H22FN3O. The molecule has 1 saturated carbocycles. The van der Waals surface area contributed by atoms with Gasteiger partial charge in [-0.15, -0.1) is 0 Å². The van der Waals surface area contributed by atoms with Gasteiger partial charge in [0.2, 0.25) is 5.82 Å². The summed E-state index contributed by atoms with van der Waals surface area (Å²) in [5.41, 5.74) is 6.38. The van der Waals surface area contributed by atoms with Gasteiger partial charge in [0.1, 0.15) is 12.9 Å². The number of aromatic nitrogens is 2. The molecule has 0 spiro atoms. The normalized spacial score (nSPS) is 18.9. The Bertz CT molecular complexity index is 417. The van der Waals surface area contributed by atoms with Crippen molar-refractivity contribution in [2.24, 2.45) is 5.73 Å². The van der Waals surface area contributed by atoms with E-state index in [9.17, 15) is 4.39 Å². The number of rotatable bonds is 4. The molecule has 0 amide bonds. The largest absolute Gasteiger partial charge is 0.474 e. The van der Waals surface area contributed by atoms with Gasteiger partial charge in [0, 0.05) is 0 Å². The van der Waals surface area contributed by atoms with Crippen LogP contribution in [-0.2, 0) is 6.42 Å². The molecule has 1 aliphatic rings. The third-order valence-electron chi connectivity index (χ3n) is 3.76. The Balaban J connectivity index is 2.01. The maximum absolute atomic E-state index is 13.9. The molecule has 1 fully saturated rings. The molecule has 2 N–H and O–H groups in total. The quantitative estimate of drug-likeness (QED) is 0.852. The fourth-order valence-corrected chi connectivity index (χ4v) is 2.52. The van der Waals surface area contributed by atoms with Gasteiger partial charge in [0.15, 0.2) is 0 Å². The molecule has 0 bridgehead atoms. The third kappa shape index (κ3) is 3.62. The zero-order valence-corrected chi connectivity index (χ0v) is 11.5. The fourth-order valence-electron chi connectivity index (χ4n) is 2.52. The average molecular weight is 267 g/mol. The van der Waals surface area contributed by atoms with Crippen molar-refractivity contribution in [3.05, 3.63) is 17.8 Å². The molecule has 4 nitrogen and oxygen atoms in total. The van der Waals surface area contributed by atoms with Crippen LogP contribution in [0.15, 0.2) is 6.33 Å². The molecule has 2 rings (SSSR count). The first-order valence-electron chi connectivity index (χ1n) is 7.06. The van der Waals surface area contributed by atoms with E-state index in [1.807, 2.05) is 6.92 Å². The number of hydrogen-bond donors (Lipinski definition) is 1. The molecule has 0 unspecified atom stereocenters. The van der Waals surface area contributed by atoms with Crippen molar-refractivity contribution in [3.8, 4) is 5.88 Å². The number of ether oxygens (including phenoxy) is 1. The first kappa shape index (κ1) is 14.2.